The summed E-state index contributed by atoms with van der Waals surface area (Å²) in [6, 6.07) is 6.68. The van der Waals surface area contributed by atoms with Gasteiger partial charge in [0.05, 0.1) is 13.1 Å². The third-order valence-electron chi connectivity index (χ3n) is 3.62. The molecule has 2 aromatic rings. The molecule has 6 heteroatoms. The fourth-order valence-electron chi connectivity index (χ4n) is 2.36. The molecule has 0 radical (unpaired) electrons. The lowest BCUT2D eigenvalue weighted by Gasteiger charge is -2.26. The minimum Gasteiger partial charge on any atom is -0.375 e. The molecule has 0 aliphatic carbocycles. The molecule has 0 bridgehead atoms. The maximum Gasteiger partial charge on any atom is 0.249 e. The third-order valence-corrected chi connectivity index (χ3v) is 3.62. The predicted octanol–water partition coefficient (Wildman–Crippen LogP) is 2.45. The van der Waals surface area contributed by atoms with Crippen LogP contribution in [0.2, 0.25) is 0 Å². The van der Waals surface area contributed by atoms with Crippen molar-refractivity contribution in [2.45, 2.75) is 33.0 Å². The number of carbonyl (C=O) groups is 1. The first-order valence-corrected chi connectivity index (χ1v) is 7.54. The summed E-state index contributed by atoms with van der Waals surface area (Å²) in [5.41, 5.74) is 0.589. The quantitative estimate of drug-likeness (QED) is 0.787. The summed E-state index contributed by atoms with van der Waals surface area (Å²) in [4.78, 5) is 18.1. The van der Waals surface area contributed by atoms with E-state index in [1.165, 1.54) is 13.2 Å². The summed E-state index contributed by atoms with van der Waals surface area (Å²) >= 11 is 0. The summed E-state index contributed by atoms with van der Waals surface area (Å²) in [6.07, 6.45) is 3.45. The lowest BCUT2D eigenvalue weighted by atomic mass is 10.2. The standard InChI is InChI=1S/C17H22FN3O2/c1-13(2)21(17(22)12-23-3)11-16-19-8-9-20(16)10-14-6-4-5-7-15(14)18/h4-9,13H,10-12H2,1-3H3. The first-order chi connectivity index (χ1) is 11.0. The number of hydrogen-bond donors (Lipinski definition) is 0. The van der Waals surface area contributed by atoms with Gasteiger partial charge in [0.2, 0.25) is 5.91 Å². The Bertz CT molecular complexity index is 655. The second-order valence-corrected chi connectivity index (χ2v) is 5.61. The van der Waals surface area contributed by atoms with E-state index in [0.717, 1.165) is 0 Å². The van der Waals surface area contributed by atoms with Gasteiger partial charge >= 0.3 is 0 Å². The zero-order valence-electron chi connectivity index (χ0n) is 13.7. The Balaban J connectivity index is 2.16. The average molecular weight is 319 g/mol. The summed E-state index contributed by atoms with van der Waals surface area (Å²) in [6.45, 7) is 4.66. The first kappa shape index (κ1) is 17.1. The summed E-state index contributed by atoms with van der Waals surface area (Å²) in [5.74, 6) is 0.373. The molecule has 1 aromatic carbocycles. The Labute approximate surface area is 135 Å². The van der Waals surface area contributed by atoms with Gasteiger partial charge in [0, 0.05) is 31.1 Å². The van der Waals surface area contributed by atoms with Crippen LogP contribution >= 0.6 is 0 Å². The van der Waals surface area contributed by atoms with Crippen molar-refractivity contribution in [3.05, 3.63) is 53.9 Å². The Hall–Kier alpha value is -2.21. The zero-order chi connectivity index (χ0) is 16.8. The monoisotopic (exact) mass is 319 g/mol. The smallest absolute Gasteiger partial charge is 0.249 e. The summed E-state index contributed by atoms with van der Waals surface area (Å²) in [5, 5.41) is 0. The number of carbonyl (C=O) groups excluding carboxylic acids is 1. The average Bonchev–Trinajstić information content (AvgIpc) is 2.94. The highest BCUT2D eigenvalue weighted by Gasteiger charge is 2.19. The number of halogens is 1. The number of hydrogen-bond acceptors (Lipinski definition) is 3. The van der Waals surface area contributed by atoms with Crippen LogP contribution in [0.4, 0.5) is 4.39 Å². The number of amides is 1. The number of nitrogens with zero attached hydrogens (tertiary/aromatic N) is 3. The maximum atomic E-state index is 13.8. The van der Waals surface area contributed by atoms with Crippen molar-refractivity contribution in [3.63, 3.8) is 0 Å². The molecule has 0 aliphatic heterocycles. The Morgan fingerprint density at radius 1 is 1.39 bits per heavy atom. The molecule has 0 atom stereocenters. The van der Waals surface area contributed by atoms with Gasteiger partial charge in [-0.15, -0.1) is 0 Å². The molecule has 2 rings (SSSR count). The van der Waals surface area contributed by atoms with E-state index in [9.17, 15) is 9.18 Å². The highest BCUT2D eigenvalue weighted by molar-refractivity contribution is 5.77. The van der Waals surface area contributed by atoms with Gasteiger partial charge in [0.1, 0.15) is 18.2 Å². The summed E-state index contributed by atoms with van der Waals surface area (Å²) in [7, 11) is 1.50. The Kier molecular flexibility index (Phi) is 5.87. The number of aromatic nitrogens is 2. The SMILES string of the molecule is COCC(=O)N(Cc1nccn1Cc1ccccc1F)C(C)C. The molecule has 0 spiro atoms. The van der Waals surface area contributed by atoms with Gasteiger partial charge < -0.3 is 14.2 Å². The van der Waals surface area contributed by atoms with Crippen LogP contribution in [-0.4, -0.2) is 40.1 Å². The van der Waals surface area contributed by atoms with Gasteiger partial charge in [-0.25, -0.2) is 9.37 Å². The van der Waals surface area contributed by atoms with Crippen molar-refractivity contribution in [1.29, 1.82) is 0 Å². The van der Waals surface area contributed by atoms with Crippen LogP contribution in [-0.2, 0) is 22.6 Å². The second kappa shape index (κ2) is 7.87. The van der Waals surface area contributed by atoms with E-state index in [4.69, 9.17) is 4.74 Å². The maximum absolute atomic E-state index is 13.8. The largest absolute Gasteiger partial charge is 0.375 e. The molecule has 1 heterocycles. The van der Waals surface area contributed by atoms with Crippen LogP contribution in [0.1, 0.15) is 25.2 Å². The van der Waals surface area contributed by atoms with Gasteiger partial charge in [-0.2, -0.15) is 0 Å². The molecule has 5 nitrogen and oxygen atoms in total. The zero-order valence-corrected chi connectivity index (χ0v) is 13.7. The van der Waals surface area contributed by atoms with Gasteiger partial charge in [0.25, 0.3) is 0 Å². The van der Waals surface area contributed by atoms with Gasteiger partial charge in [-0.3, -0.25) is 4.79 Å². The number of ether oxygens (including phenoxy) is 1. The molecule has 0 aliphatic rings. The number of rotatable bonds is 7. The highest BCUT2D eigenvalue weighted by atomic mass is 19.1. The van der Waals surface area contributed by atoms with Crippen LogP contribution in [0.25, 0.3) is 0 Å². The molecular weight excluding hydrogens is 297 g/mol. The fraction of sp³-hybridized carbons (Fsp3) is 0.412. The highest BCUT2D eigenvalue weighted by Crippen LogP contribution is 2.13. The normalized spacial score (nSPS) is 11.0. The molecule has 124 valence electrons. The Morgan fingerprint density at radius 3 is 2.78 bits per heavy atom. The molecule has 0 saturated carbocycles. The van der Waals surface area contributed by atoms with E-state index >= 15 is 0 Å². The van der Waals surface area contributed by atoms with Gasteiger partial charge in [-0.1, -0.05) is 18.2 Å². The lowest BCUT2D eigenvalue weighted by molar-refractivity contribution is -0.137. The third kappa shape index (κ3) is 4.39. The molecule has 0 fully saturated rings. The molecule has 1 amide bonds. The second-order valence-electron chi connectivity index (χ2n) is 5.61. The van der Waals surface area contributed by atoms with Crippen LogP contribution in [0, 0.1) is 5.82 Å². The van der Waals surface area contributed by atoms with E-state index in [1.54, 1.807) is 35.5 Å². The van der Waals surface area contributed by atoms with Crippen molar-refractivity contribution in [3.8, 4) is 0 Å². The van der Waals surface area contributed by atoms with Crippen LogP contribution < -0.4 is 0 Å². The Morgan fingerprint density at radius 2 is 2.13 bits per heavy atom. The van der Waals surface area contributed by atoms with E-state index in [1.807, 2.05) is 18.4 Å². The van der Waals surface area contributed by atoms with Crippen LogP contribution in [0.3, 0.4) is 0 Å². The van der Waals surface area contributed by atoms with Crippen molar-refractivity contribution in [2.24, 2.45) is 0 Å². The number of methoxy groups -OCH3 is 1. The van der Waals surface area contributed by atoms with E-state index in [0.29, 0.717) is 24.5 Å². The van der Waals surface area contributed by atoms with Gasteiger partial charge in [0.15, 0.2) is 0 Å². The lowest BCUT2D eigenvalue weighted by Crippen LogP contribution is -2.39. The summed E-state index contributed by atoms with van der Waals surface area (Å²) < 4.78 is 20.6. The van der Waals surface area contributed by atoms with Crippen molar-refractivity contribution >= 4 is 5.91 Å². The molecule has 0 unspecified atom stereocenters. The van der Waals surface area contributed by atoms with Crippen molar-refractivity contribution < 1.29 is 13.9 Å². The van der Waals surface area contributed by atoms with Crippen LogP contribution in [0.15, 0.2) is 36.7 Å². The molecular formula is C17H22FN3O2. The minimum absolute atomic E-state index is 0.0243. The van der Waals surface area contributed by atoms with Gasteiger partial charge in [-0.05, 0) is 19.9 Å². The predicted molar refractivity (Wildman–Crippen MR) is 85.3 cm³/mol. The molecule has 0 saturated heterocycles. The minimum atomic E-state index is -0.247. The molecule has 23 heavy (non-hydrogen) atoms. The topological polar surface area (TPSA) is 47.4 Å². The number of imidazole rings is 1. The fourth-order valence-corrected chi connectivity index (χ4v) is 2.36. The van der Waals surface area contributed by atoms with Crippen molar-refractivity contribution in [1.82, 2.24) is 14.5 Å². The van der Waals surface area contributed by atoms with E-state index < -0.39 is 0 Å². The van der Waals surface area contributed by atoms with E-state index in [-0.39, 0.29) is 24.4 Å². The molecule has 1 aromatic heterocycles. The number of benzene rings is 1. The van der Waals surface area contributed by atoms with Crippen LogP contribution in [0.5, 0.6) is 0 Å². The first-order valence-electron chi connectivity index (χ1n) is 7.54. The van der Waals surface area contributed by atoms with E-state index in [2.05, 4.69) is 4.98 Å². The van der Waals surface area contributed by atoms with Crippen molar-refractivity contribution in [2.75, 3.05) is 13.7 Å². The molecule has 0 N–H and O–H groups in total.